The van der Waals surface area contributed by atoms with Crippen molar-refractivity contribution in [1.82, 2.24) is 19.8 Å². The van der Waals surface area contributed by atoms with E-state index in [1.54, 1.807) is 17.3 Å². The standard InChI is InChI=1S/C22H23N5O2S/c1-4-11-26-16(3)23-24-22(26)30-14-21(28)27-19(20-6-5-12-29-20)13-18(25-27)17-9-7-15(2)8-10-17/h4-10,12,19H,1,11,13-14H2,2-3H3/t19-/m1/s1. The molecule has 0 N–H and O–H groups in total. The number of hydrogen-bond donors (Lipinski definition) is 0. The van der Waals surface area contributed by atoms with E-state index in [4.69, 9.17) is 4.42 Å². The first-order valence-electron chi connectivity index (χ1n) is 9.70. The van der Waals surface area contributed by atoms with Gasteiger partial charge in [-0.2, -0.15) is 5.10 Å². The molecule has 154 valence electrons. The van der Waals surface area contributed by atoms with Crippen LogP contribution in [0.4, 0.5) is 0 Å². The van der Waals surface area contributed by atoms with Crippen molar-refractivity contribution >= 4 is 23.4 Å². The molecule has 1 amide bonds. The van der Waals surface area contributed by atoms with E-state index in [-0.39, 0.29) is 17.7 Å². The average molecular weight is 422 g/mol. The fourth-order valence-corrected chi connectivity index (χ4v) is 4.21. The first kappa shape index (κ1) is 20.2. The summed E-state index contributed by atoms with van der Waals surface area (Å²) in [5, 5.41) is 15.2. The van der Waals surface area contributed by atoms with E-state index in [1.165, 1.54) is 17.3 Å². The van der Waals surface area contributed by atoms with Gasteiger partial charge >= 0.3 is 0 Å². The van der Waals surface area contributed by atoms with Gasteiger partial charge in [0.1, 0.15) is 17.6 Å². The van der Waals surface area contributed by atoms with E-state index in [0.717, 1.165) is 22.9 Å². The Morgan fingerprint density at radius 3 is 2.77 bits per heavy atom. The minimum absolute atomic E-state index is 0.102. The zero-order valence-corrected chi connectivity index (χ0v) is 17.8. The molecule has 0 saturated carbocycles. The highest BCUT2D eigenvalue weighted by atomic mass is 32.2. The van der Waals surface area contributed by atoms with E-state index < -0.39 is 0 Å². The van der Waals surface area contributed by atoms with Crippen LogP contribution in [0.25, 0.3) is 0 Å². The van der Waals surface area contributed by atoms with Crippen molar-refractivity contribution in [2.75, 3.05) is 5.75 Å². The molecule has 0 radical (unpaired) electrons. The highest BCUT2D eigenvalue weighted by Crippen LogP contribution is 2.34. The number of carbonyl (C=O) groups is 1. The fourth-order valence-electron chi connectivity index (χ4n) is 3.36. The molecule has 1 aliphatic rings. The summed E-state index contributed by atoms with van der Waals surface area (Å²) in [6, 6.07) is 11.6. The summed E-state index contributed by atoms with van der Waals surface area (Å²) in [6.45, 7) is 8.30. The Balaban J connectivity index is 1.55. The van der Waals surface area contributed by atoms with Gasteiger partial charge in [-0.25, -0.2) is 5.01 Å². The molecule has 30 heavy (non-hydrogen) atoms. The van der Waals surface area contributed by atoms with Crippen LogP contribution in [0, 0.1) is 13.8 Å². The zero-order valence-electron chi connectivity index (χ0n) is 17.0. The van der Waals surface area contributed by atoms with Crippen LogP contribution in [0.2, 0.25) is 0 Å². The molecule has 1 aromatic carbocycles. The first-order chi connectivity index (χ1) is 14.6. The number of nitrogens with zero attached hydrogens (tertiary/aromatic N) is 5. The van der Waals surface area contributed by atoms with Crippen molar-refractivity contribution in [1.29, 1.82) is 0 Å². The highest BCUT2D eigenvalue weighted by molar-refractivity contribution is 7.99. The van der Waals surface area contributed by atoms with Crippen LogP contribution in [-0.2, 0) is 11.3 Å². The molecular formula is C22H23N5O2S. The third kappa shape index (κ3) is 4.09. The molecule has 0 aliphatic carbocycles. The van der Waals surface area contributed by atoms with Gasteiger partial charge in [0.25, 0.3) is 5.91 Å². The summed E-state index contributed by atoms with van der Waals surface area (Å²) in [6.07, 6.45) is 4.02. The molecule has 0 saturated heterocycles. The number of aryl methyl sites for hydroxylation is 2. The Morgan fingerprint density at radius 1 is 1.27 bits per heavy atom. The van der Waals surface area contributed by atoms with Gasteiger partial charge in [-0.1, -0.05) is 47.7 Å². The molecule has 4 rings (SSSR count). The second-order valence-electron chi connectivity index (χ2n) is 7.10. The van der Waals surface area contributed by atoms with Gasteiger partial charge in [0.15, 0.2) is 5.16 Å². The van der Waals surface area contributed by atoms with E-state index in [9.17, 15) is 4.79 Å². The van der Waals surface area contributed by atoms with E-state index in [2.05, 4.69) is 34.0 Å². The summed E-state index contributed by atoms with van der Waals surface area (Å²) in [5.74, 6) is 1.62. The van der Waals surface area contributed by atoms with Gasteiger partial charge in [-0.3, -0.25) is 4.79 Å². The maximum atomic E-state index is 13.1. The second-order valence-corrected chi connectivity index (χ2v) is 8.05. The molecule has 3 aromatic rings. The minimum atomic E-state index is -0.253. The van der Waals surface area contributed by atoms with Crippen molar-refractivity contribution < 1.29 is 9.21 Å². The van der Waals surface area contributed by atoms with Gasteiger partial charge in [0.05, 0.1) is 17.7 Å². The van der Waals surface area contributed by atoms with Gasteiger partial charge in [-0.15, -0.1) is 16.8 Å². The number of furan rings is 1. The Hall–Kier alpha value is -3.13. The smallest absolute Gasteiger partial charge is 0.253 e. The lowest BCUT2D eigenvalue weighted by Gasteiger charge is -2.19. The van der Waals surface area contributed by atoms with Gasteiger partial charge in [0, 0.05) is 13.0 Å². The summed E-state index contributed by atoms with van der Waals surface area (Å²) in [7, 11) is 0. The maximum Gasteiger partial charge on any atom is 0.253 e. The average Bonchev–Trinajstić information content (AvgIpc) is 3.48. The van der Waals surface area contributed by atoms with Crippen molar-refractivity contribution in [3.63, 3.8) is 0 Å². The molecule has 1 atom stereocenters. The number of aromatic nitrogens is 3. The number of hydrazone groups is 1. The molecule has 0 fully saturated rings. The van der Waals surface area contributed by atoms with Crippen molar-refractivity contribution in [3.05, 3.63) is 78.0 Å². The number of carbonyl (C=O) groups excluding carboxylic acids is 1. The topological polar surface area (TPSA) is 76.5 Å². The molecule has 0 spiro atoms. The van der Waals surface area contributed by atoms with Crippen molar-refractivity contribution in [2.24, 2.45) is 5.10 Å². The lowest BCUT2D eigenvalue weighted by molar-refractivity contribution is -0.130. The molecule has 8 heteroatoms. The summed E-state index contributed by atoms with van der Waals surface area (Å²) in [5.41, 5.74) is 3.07. The van der Waals surface area contributed by atoms with Gasteiger partial charge in [0.2, 0.25) is 0 Å². The van der Waals surface area contributed by atoms with Crippen molar-refractivity contribution in [2.45, 2.75) is 38.0 Å². The molecule has 0 unspecified atom stereocenters. The van der Waals surface area contributed by atoms with Crippen LogP contribution < -0.4 is 0 Å². The SMILES string of the molecule is C=CCn1c(C)nnc1SCC(=O)N1N=C(c2ccc(C)cc2)C[C@@H]1c1ccco1. The van der Waals surface area contributed by atoms with E-state index >= 15 is 0 Å². The fraction of sp³-hybridized carbons (Fsp3) is 0.273. The molecule has 0 bridgehead atoms. The Bertz CT molecular complexity index is 1070. The van der Waals surface area contributed by atoms with E-state index in [1.807, 2.05) is 42.7 Å². The lowest BCUT2D eigenvalue weighted by atomic mass is 10.0. The number of allylic oxidation sites excluding steroid dienone is 1. The first-order valence-corrected chi connectivity index (χ1v) is 10.7. The zero-order chi connectivity index (χ0) is 21.1. The van der Waals surface area contributed by atoms with Gasteiger partial charge in [-0.05, 0) is 31.5 Å². The van der Waals surface area contributed by atoms with Crippen LogP contribution in [-0.4, -0.2) is 37.1 Å². The lowest BCUT2D eigenvalue weighted by Crippen LogP contribution is -2.28. The summed E-state index contributed by atoms with van der Waals surface area (Å²) < 4.78 is 7.54. The van der Waals surface area contributed by atoms with Crippen LogP contribution >= 0.6 is 11.8 Å². The third-order valence-electron chi connectivity index (χ3n) is 4.96. The minimum Gasteiger partial charge on any atom is -0.467 e. The van der Waals surface area contributed by atoms with Crippen LogP contribution in [0.5, 0.6) is 0 Å². The number of thioether (sulfide) groups is 1. The Labute approximate surface area is 179 Å². The monoisotopic (exact) mass is 421 g/mol. The largest absolute Gasteiger partial charge is 0.467 e. The van der Waals surface area contributed by atoms with Crippen LogP contribution in [0.1, 0.15) is 35.2 Å². The van der Waals surface area contributed by atoms with E-state index in [0.29, 0.717) is 18.1 Å². The predicted octanol–water partition coefficient (Wildman–Crippen LogP) is 4.14. The Kier molecular flexibility index (Phi) is 5.85. The molecule has 3 heterocycles. The molecular weight excluding hydrogens is 398 g/mol. The van der Waals surface area contributed by atoms with Crippen molar-refractivity contribution in [3.8, 4) is 0 Å². The third-order valence-corrected chi connectivity index (χ3v) is 5.91. The summed E-state index contributed by atoms with van der Waals surface area (Å²) >= 11 is 1.35. The van der Waals surface area contributed by atoms with Gasteiger partial charge < -0.3 is 8.98 Å². The van der Waals surface area contributed by atoms with Crippen LogP contribution in [0.3, 0.4) is 0 Å². The number of rotatable bonds is 7. The quantitative estimate of drug-likeness (QED) is 0.423. The summed E-state index contributed by atoms with van der Waals surface area (Å²) in [4.78, 5) is 13.1. The second kappa shape index (κ2) is 8.71. The highest BCUT2D eigenvalue weighted by Gasteiger charge is 2.34. The molecule has 2 aromatic heterocycles. The Morgan fingerprint density at radius 2 is 2.07 bits per heavy atom. The maximum absolute atomic E-state index is 13.1. The number of amides is 1. The van der Waals surface area contributed by atoms with Crippen LogP contribution in [0.15, 0.2) is 70.0 Å². The number of benzene rings is 1. The normalized spacial score (nSPS) is 16.0. The number of hydrogen-bond acceptors (Lipinski definition) is 6. The molecule has 1 aliphatic heterocycles. The predicted molar refractivity (Wildman–Crippen MR) is 116 cm³/mol. The molecule has 7 nitrogen and oxygen atoms in total.